The van der Waals surface area contributed by atoms with Crippen LogP contribution in [0.4, 0.5) is 4.39 Å². The minimum absolute atomic E-state index is 0.192. The fraction of sp³-hybridized carbons (Fsp3) is 0.421. The minimum Gasteiger partial charge on any atom is -0.378 e. The van der Waals surface area contributed by atoms with E-state index in [2.05, 4.69) is 10.4 Å². The first-order chi connectivity index (χ1) is 13.0. The number of amides is 2. The van der Waals surface area contributed by atoms with Gasteiger partial charge in [-0.2, -0.15) is 5.10 Å². The van der Waals surface area contributed by atoms with Gasteiger partial charge >= 0.3 is 0 Å². The van der Waals surface area contributed by atoms with E-state index in [-0.39, 0.29) is 18.5 Å². The molecule has 4 rings (SSSR count). The number of nitrogens with one attached hydrogen (secondary N) is 1. The van der Waals surface area contributed by atoms with Crippen molar-refractivity contribution in [3.8, 4) is 0 Å². The number of aromatic nitrogens is 2. The average Bonchev–Trinajstić information content (AvgIpc) is 3.43. The van der Waals surface area contributed by atoms with E-state index in [1.54, 1.807) is 15.6 Å². The topological polar surface area (TPSA) is 87.5 Å². The first-order valence-corrected chi connectivity index (χ1v) is 9.11. The monoisotopic (exact) mass is 372 g/mol. The molecule has 1 saturated carbocycles. The van der Waals surface area contributed by atoms with Crippen LogP contribution >= 0.6 is 0 Å². The fourth-order valence-electron chi connectivity index (χ4n) is 3.21. The molecule has 142 valence electrons. The Kier molecular flexibility index (Phi) is 4.65. The molecule has 0 saturated heterocycles. The van der Waals surface area contributed by atoms with Gasteiger partial charge < -0.3 is 15.3 Å². The van der Waals surface area contributed by atoms with Crippen LogP contribution in [0.1, 0.15) is 47.1 Å². The molecule has 27 heavy (non-hydrogen) atoms. The molecule has 1 aliphatic carbocycles. The Balaban J connectivity index is 1.48. The van der Waals surface area contributed by atoms with Crippen molar-refractivity contribution in [2.75, 3.05) is 6.54 Å². The molecule has 2 amide bonds. The van der Waals surface area contributed by atoms with E-state index in [9.17, 15) is 19.1 Å². The Morgan fingerprint density at radius 2 is 1.96 bits per heavy atom. The van der Waals surface area contributed by atoms with Gasteiger partial charge in [0.2, 0.25) is 0 Å². The number of hydrogen-bond acceptors (Lipinski definition) is 4. The predicted molar refractivity (Wildman–Crippen MR) is 94.1 cm³/mol. The van der Waals surface area contributed by atoms with Crippen molar-refractivity contribution in [1.82, 2.24) is 20.0 Å². The van der Waals surface area contributed by atoms with Crippen LogP contribution < -0.4 is 5.32 Å². The SMILES string of the molecule is O=C(NC1CC1)c1cc2n(n1)CCCN(C(=O)C(O)c1ccc(F)cc1)C2. The maximum absolute atomic E-state index is 13.1. The highest BCUT2D eigenvalue weighted by molar-refractivity contribution is 5.92. The molecule has 0 bridgehead atoms. The highest BCUT2D eigenvalue weighted by atomic mass is 19.1. The van der Waals surface area contributed by atoms with Gasteiger partial charge in [0.1, 0.15) is 5.82 Å². The average molecular weight is 372 g/mol. The van der Waals surface area contributed by atoms with Gasteiger partial charge in [-0.15, -0.1) is 0 Å². The standard InChI is InChI=1S/C19H21FN4O3/c20-13-4-2-12(3-5-13)17(25)19(27)23-8-1-9-24-15(11-23)10-16(22-24)18(26)21-14-6-7-14/h2-5,10,14,17,25H,1,6-9,11H2,(H,21,26). The molecule has 1 aliphatic heterocycles. The zero-order chi connectivity index (χ0) is 19.0. The molecule has 7 nitrogen and oxygen atoms in total. The van der Waals surface area contributed by atoms with Crippen molar-refractivity contribution < 1.29 is 19.1 Å². The summed E-state index contributed by atoms with van der Waals surface area (Å²) in [6.45, 7) is 1.34. The summed E-state index contributed by atoms with van der Waals surface area (Å²) in [5.41, 5.74) is 1.46. The number of aliphatic hydroxyl groups excluding tert-OH is 1. The number of carbonyl (C=O) groups is 2. The molecule has 8 heteroatoms. The van der Waals surface area contributed by atoms with E-state index < -0.39 is 17.8 Å². The van der Waals surface area contributed by atoms with Crippen LogP contribution in [-0.4, -0.2) is 44.2 Å². The Bertz CT molecular complexity index is 860. The summed E-state index contributed by atoms with van der Waals surface area (Å²) in [5.74, 6) is -1.06. The first kappa shape index (κ1) is 17.7. The summed E-state index contributed by atoms with van der Waals surface area (Å²) in [5, 5.41) is 17.6. The molecule has 2 heterocycles. The van der Waals surface area contributed by atoms with Gasteiger partial charge in [0.05, 0.1) is 12.2 Å². The molecule has 1 unspecified atom stereocenters. The van der Waals surface area contributed by atoms with Crippen molar-refractivity contribution in [3.63, 3.8) is 0 Å². The number of hydrogen-bond donors (Lipinski definition) is 2. The molecular formula is C19H21FN4O3. The number of benzene rings is 1. The molecule has 1 aromatic carbocycles. The second-order valence-electron chi connectivity index (χ2n) is 7.06. The lowest BCUT2D eigenvalue weighted by atomic mass is 10.1. The van der Waals surface area contributed by atoms with Gasteiger partial charge in [0.25, 0.3) is 11.8 Å². The van der Waals surface area contributed by atoms with E-state index in [1.807, 2.05) is 0 Å². The van der Waals surface area contributed by atoms with Crippen LogP contribution in [0.2, 0.25) is 0 Å². The third-order valence-electron chi connectivity index (χ3n) is 4.89. The molecule has 1 aromatic heterocycles. The molecule has 0 spiro atoms. The van der Waals surface area contributed by atoms with Crippen molar-refractivity contribution in [2.24, 2.45) is 0 Å². The Hall–Kier alpha value is -2.74. The number of carbonyl (C=O) groups excluding carboxylic acids is 2. The highest BCUT2D eigenvalue weighted by Crippen LogP contribution is 2.22. The smallest absolute Gasteiger partial charge is 0.272 e. The summed E-state index contributed by atoms with van der Waals surface area (Å²) in [4.78, 5) is 26.5. The number of halogens is 1. The lowest BCUT2D eigenvalue weighted by Gasteiger charge is -2.23. The number of nitrogens with zero attached hydrogens (tertiary/aromatic N) is 3. The quantitative estimate of drug-likeness (QED) is 0.849. The van der Waals surface area contributed by atoms with Gasteiger partial charge in [-0.3, -0.25) is 14.3 Å². The maximum atomic E-state index is 13.1. The minimum atomic E-state index is -1.35. The third-order valence-corrected chi connectivity index (χ3v) is 4.89. The third kappa shape index (κ3) is 3.85. The molecule has 2 aliphatic rings. The summed E-state index contributed by atoms with van der Waals surface area (Å²) in [7, 11) is 0. The number of rotatable bonds is 4. The largest absolute Gasteiger partial charge is 0.378 e. The van der Waals surface area contributed by atoms with Crippen molar-refractivity contribution in [1.29, 1.82) is 0 Å². The molecular weight excluding hydrogens is 351 g/mol. The van der Waals surface area contributed by atoms with Crippen molar-refractivity contribution in [2.45, 2.75) is 44.5 Å². The highest BCUT2D eigenvalue weighted by Gasteiger charge is 2.29. The van der Waals surface area contributed by atoms with Gasteiger partial charge in [0, 0.05) is 19.1 Å². The Morgan fingerprint density at radius 1 is 1.22 bits per heavy atom. The second-order valence-corrected chi connectivity index (χ2v) is 7.06. The Labute approximate surface area is 155 Å². The molecule has 1 fully saturated rings. The van der Waals surface area contributed by atoms with Crippen LogP contribution in [-0.2, 0) is 17.9 Å². The van der Waals surface area contributed by atoms with Gasteiger partial charge in [-0.05, 0) is 43.0 Å². The fourth-order valence-corrected chi connectivity index (χ4v) is 3.21. The number of fused-ring (bicyclic) bond motifs is 1. The molecule has 1 atom stereocenters. The van der Waals surface area contributed by atoms with Crippen LogP contribution in [0.15, 0.2) is 30.3 Å². The number of aryl methyl sites for hydroxylation is 1. The van der Waals surface area contributed by atoms with Crippen LogP contribution in [0.5, 0.6) is 0 Å². The van der Waals surface area contributed by atoms with E-state index in [1.165, 1.54) is 24.3 Å². The summed E-state index contributed by atoms with van der Waals surface area (Å²) >= 11 is 0. The maximum Gasteiger partial charge on any atom is 0.272 e. The lowest BCUT2D eigenvalue weighted by molar-refractivity contribution is -0.141. The van der Waals surface area contributed by atoms with Crippen LogP contribution in [0.25, 0.3) is 0 Å². The Morgan fingerprint density at radius 3 is 2.67 bits per heavy atom. The zero-order valence-corrected chi connectivity index (χ0v) is 14.8. The lowest BCUT2D eigenvalue weighted by Crippen LogP contribution is -2.35. The van der Waals surface area contributed by atoms with Crippen LogP contribution in [0.3, 0.4) is 0 Å². The summed E-state index contributed by atoms with van der Waals surface area (Å²) in [6.07, 6.45) is 1.32. The molecule has 0 radical (unpaired) electrons. The number of aliphatic hydroxyl groups is 1. The van der Waals surface area contributed by atoms with Gasteiger partial charge in [-0.25, -0.2) is 4.39 Å². The molecule has 2 N–H and O–H groups in total. The van der Waals surface area contributed by atoms with Gasteiger partial charge in [-0.1, -0.05) is 12.1 Å². The zero-order valence-electron chi connectivity index (χ0n) is 14.8. The summed E-state index contributed by atoms with van der Waals surface area (Å²) in [6, 6.07) is 7.19. The first-order valence-electron chi connectivity index (χ1n) is 9.11. The second kappa shape index (κ2) is 7.11. The summed E-state index contributed by atoms with van der Waals surface area (Å²) < 4.78 is 14.8. The van der Waals surface area contributed by atoms with E-state index in [0.29, 0.717) is 30.8 Å². The normalized spacial score (nSPS) is 17.8. The van der Waals surface area contributed by atoms with Crippen LogP contribution in [0, 0.1) is 5.82 Å². The van der Waals surface area contributed by atoms with E-state index in [4.69, 9.17) is 0 Å². The predicted octanol–water partition coefficient (Wildman–Crippen LogP) is 1.38. The van der Waals surface area contributed by atoms with Crippen molar-refractivity contribution >= 4 is 11.8 Å². The van der Waals surface area contributed by atoms with E-state index >= 15 is 0 Å². The van der Waals surface area contributed by atoms with E-state index in [0.717, 1.165) is 18.5 Å². The van der Waals surface area contributed by atoms with Crippen molar-refractivity contribution in [3.05, 3.63) is 53.1 Å². The molecule has 2 aromatic rings. The van der Waals surface area contributed by atoms with Gasteiger partial charge in [0.15, 0.2) is 11.8 Å².